The van der Waals surface area contributed by atoms with E-state index in [1.165, 1.54) is 6.07 Å². The lowest BCUT2D eigenvalue weighted by Gasteiger charge is -2.03. The summed E-state index contributed by atoms with van der Waals surface area (Å²) in [7, 11) is 1.57. The van der Waals surface area contributed by atoms with Crippen LogP contribution >= 0.6 is 15.9 Å². The highest BCUT2D eigenvalue weighted by atomic mass is 79.9. The molecule has 0 atom stereocenters. The Hall–Kier alpha value is -1.46. The van der Waals surface area contributed by atoms with Crippen LogP contribution in [-0.4, -0.2) is 17.1 Å². The summed E-state index contributed by atoms with van der Waals surface area (Å²) in [5.74, 6) is 0.553. The lowest BCUT2D eigenvalue weighted by atomic mass is 10.2. The Morgan fingerprint density at radius 2 is 2.06 bits per heavy atom. The molecular formula is C12H11BrN2O2. The van der Waals surface area contributed by atoms with Crippen LogP contribution in [0.15, 0.2) is 39.6 Å². The molecule has 4 nitrogen and oxygen atoms in total. The second-order valence-corrected chi connectivity index (χ2v) is 4.44. The fraction of sp³-hybridized carbons (Fsp3) is 0.167. The van der Waals surface area contributed by atoms with Crippen molar-refractivity contribution in [3.63, 3.8) is 0 Å². The van der Waals surface area contributed by atoms with Gasteiger partial charge in [-0.1, -0.05) is 28.1 Å². The Balaban J connectivity index is 2.44. The van der Waals surface area contributed by atoms with E-state index in [0.717, 1.165) is 10.0 Å². The van der Waals surface area contributed by atoms with Crippen LogP contribution in [0.1, 0.15) is 5.69 Å². The van der Waals surface area contributed by atoms with Gasteiger partial charge < -0.3 is 9.72 Å². The lowest BCUT2D eigenvalue weighted by Crippen LogP contribution is -2.10. The van der Waals surface area contributed by atoms with Gasteiger partial charge in [0, 0.05) is 23.2 Å². The number of hydrogen-bond donors (Lipinski definition) is 1. The molecule has 0 aliphatic heterocycles. The summed E-state index contributed by atoms with van der Waals surface area (Å²) in [5.41, 5.74) is 1.31. The van der Waals surface area contributed by atoms with Crippen molar-refractivity contribution >= 4 is 15.9 Å². The fourth-order valence-corrected chi connectivity index (χ4v) is 1.74. The van der Waals surface area contributed by atoms with E-state index >= 15 is 0 Å². The second-order valence-electron chi connectivity index (χ2n) is 3.53. The predicted molar refractivity (Wildman–Crippen MR) is 68.7 cm³/mol. The third-order valence-corrected chi connectivity index (χ3v) is 2.73. The lowest BCUT2D eigenvalue weighted by molar-refractivity contribution is 0.181. The number of methoxy groups -OCH3 is 1. The van der Waals surface area contributed by atoms with Gasteiger partial charge in [-0.05, 0) is 12.1 Å². The van der Waals surface area contributed by atoms with E-state index in [-0.39, 0.29) is 5.56 Å². The molecule has 1 N–H and O–H groups in total. The third kappa shape index (κ3) is 3.01. The SMILES string of the molecule is COCc1cc(=O)[nH]c(-c2ccc(Br)cc2)n1. The third-order valence-electron chi connectivity index (χ3n) is 2.20. The van der Waals surface area contributed by atoms with Gasteiger partial charge in [-0.3, -0.25) is 4.79 Å². The first-order valence-corrected chi connectivity index (χ1v) is 5.83. The molecule has 0 aliphatic rings. The average molecular weight is 295 g/mol. The molecule has 2 aromatic rings. The number of aromatic nitrogens is 2. The van der Waals surface area contributed by atoms with E-state index in [9.17, 15) is 4.79 Å². The van der Waals surface area contributed by atoms with Crippen molar-refractivity contribution in [2.45, 2.75) is 6.61 Å². The highest BCUT2D eigenvalue weighted by Gasteiger charge is 2.03. The molecule has 88 valence electrons. The Labute approximate surface area is 107 Å². The van der Waals surface area contributed by atoms with Crippen molar-refractivity contribution < 1.29 is 4.74 Å². The average Bonchev–Trinajstić information content (AvgIpc) is 2.29. The van der Waals surface area contributed by atoms with Gasteiger partial charge in [-0.2, -0.15) is 0 Å². The minimum absolute atomic E-state index is 0.176. The van der Waals surface area contributed by atoms with E-state index in [0.29, 0.717) is 18.1 Å². The molecule has 1 heterocycles. The van der Waals surface area contributed by atoms with Gasteiger partial charge in [0.2, 0.25) is 0 Å². The zero-order chi connectivity index (χ0) is 12.3. The quantitative estimate of drug-likeness (QED) is 0.945. The van der Waals surface area contributed by atoms with Crippen molar-refractivity contribution in [3.8, 4) is 11.4 Å². The molecule has 0 spiro atoms. The van der Waals surface area contributed by atoms with Gasteiger partial charge in [0.15, 0.2) is 0 Å². The van der Waals surface area contributed by atoms with Crippen molar-refractivity contribution in [2.75, 3.05) is 7.11 Å². The summed E-state index contributed by atoms with van der Waals surface area (Å²) in [5, 5.41) is 0. The molecule has 1 aromatic heterocycles. The van der Waals surface area contributed by atoms with Crippen molar-refractivity contribution in [3.05, 3.63) is 50.9 Å². The van der Waals surface area contributed by atoms with Crippen LogP contribution in [-0.2, 0) is 11.3 Å². The molecular weight excluding hydrogens is 284 g/mol. The molecule has 1 aromatic carbocycles. The topological polar surface area (TPSA) is 55.0 Å². The Kier molecular flexibility index (Phi) is 3.71. The monoisotopic (exact) mass is 294 g/mol. The first-order valence-electron chi connectivity index (χ1n) is 5.04. The maximum absolute atomic E-state index is 11.5. The van der Waals surface area contributed by atoms with Gasteiger partial charge in [-0.25, -0.2) is 4.98 Å². The molecule has 2 rings (SSSR count). The highest BCUT2D eigenvalue weighted by Crippen LogP contribution is 2.17. The molecule has 0 radical (unpaired) electrons. The Morgan fingerprint density at radius 1 is 1.35 bits per heavy atom. The number of hydrogen-bond acceptors (Lipinski definition) is 3. The van der Waals surface area contributed by atoms with Crippen LogP contribution in [0.5, 0.6) is 0 Å². The Morgan fingerprint density at radius 3 is 2.71 bits per heavy atom. The fourth-order valence-electron chi connectivity index (χ4n) is 1.47. The molecule has 5 heteroatoms. The summed E-state index contributed by atoms with van der Waals surface area (Å²) < 4.78 is 5.95. The van der Waals surface area contributed by atoms with Crippen LogP contribution in [0.3, 0.4) is 0 Å². The summed E-state index contributed by atoms with van der Waals surface area (Å²) in [4.78, 5) is 18.5. The number of benzene rings is 1. The van der Waals surface area contributed by atoms with Crippen LogP contribution < -0.4 is 5.56 Å². The molecule has 0 amide bonds. The summed E-state index contributed by atoms with van der Waals surface area (Å²) in [6, 6.07) is 9.01. The Bertz CT molecular complexity index is 563. The van der Waals surface area contributed by atoms with Crippen molar-refractivity contribution in [2.24, 2.45) is 0 Å². The molecule has 0 saturated heterocycles. The number of aromatic amines is 1. The number of halogens is 1. The normalized spacial score (nSPS) is 10.5. The van der Waals surface area contributed by atoms with Crippen molar-refractivity contribution in [1.29, 1.82) is 0 Å². The first kappa shape index (κ1) is 12.0. The van der Waals surface area contributed by atoms with Gasteiger partial charge in [-0.15, -0.1) is 0 Å². The van der Waals surface area contributed by atoms with Crippen LogP contribution in [0, 0.1) is 0 Å². The van der Waals surface area contributed by atoms with Crippen molar-refractivity contribution in [1.82, 2.24) is 9.97 Å². The highest BCUT2D eigenvalue weighted by molar-refractivity contribution is 9.10. The number of nitrogens with zero attached hydrogens (tertiary/aromatic N) is 1. The predicted octanol–water partition coefficient (Wildman–Crippen LogP) is 2.35. The van der Waals surface area contributed by atoms with E-state index in [1.807, 2.05) is 24.3 Å². The minimum Gasteiger partial charge on any atom is -0.378 e. The molecule has 0 bridgehead atoms. The molecule has 0 unspecified atom stereocenters. The molecule has 17 heavy (non-hydrogen) atoms. The van der Waals surface area contributed by atoms with Gasteiger partial charge in [0.25, 0.3) is 5.56 Å². The molecule has 0 fully saturated rings. The minimum atomic E-state index is -0.176. The van der Waals surface area contributed by atoms with Crippen LogP contribution in [0.4, 0.5) is 0 Å². The zero-order valence-electron chi connectivity index (χ0n) is 9.24. The van der Waals surface area contributed by atoms with Gasteiger partial charge >= 0.3 is 0 Å². The zero-order valence-corrected chi connectivity index (χ0v) is 10.8. The standard InChI is InChI=1S/C12H11BrN2O2/c1-17-7-10-6-11(16)15-12(14-10)8-2-4-9(13)5-3-8/h2-6H,7H2,1H3,(H,14,15,16). The smallest absolute Gasteiger partial charge is 0.251 e. The van der Waals surface area contributed by atoms with E-state index in [4.69, 9.17) is 4.74 Å². The van der Waals surface area contributed by atoms with Crippen LogP contribution in [0.2, 0.25) is 0 Å². The van der Waals surface area contributed by atoms with E-state index in [1.54, 1.807) is 7.11 Å². The maximum atomic E-state index is 11.5. The molecule has 0 aliphatic carbocycles. The number of ether oxygens (including phenoxy) is 1. The van der Waals surface area contributed by atoms with Gasteiger partial charge in [0.1, 0.15) is 5.82 Å². The van der Waals surface area contributed by atoms with E-state index < -0.39 is 0 Å². The first-order chi connectivity index (χ1) is 8.19. The number of nitrogens with one attached hydrogen (secondary N) is 1. The van der Waals surface area contributed by atoms with E-state index in [2.05, 4.69) is 25.9 Å². The molecule has 0 saturated carbocycles. The maximum Gasteiger partial charge on any atom is 0.251 e. The summed E-state index contributed by atoms with van der Waals surface area (Å²) >= 11 is 3.36. The second kappa shape index (κ2) is 5.25. The number of rotatable bonds is 3. The van der Waals surface area contributed by atoms with Crippen LogP contribution in [0.25, 0.3) is 11.4 Å². The van der Waals surface area contributed by atoms with Gasteiger partial charge in [0.05, 0.1) is 12.3 Å². The summed E-state index contributed by atoms with van der Waals surface area (Å²) in [6.07, 6.45) is 0. The number of H-pyrrole nitrogens is 1. The largest absolute Gasteiger partial charge is 0.378 e. The summed E-state index contributed by atoms with van der Waals surface area (Å²) in [6.45, 7) is 0.327.